The molecule has 2 amide bonds. The van der Waals surface area contributed by atoms with Gasteiger partial charge in [0.1, 0.15) is 11.9 Å². The largest absolute Gasteiger partial charge is 0.380 e. The summed E-state index contributed by atoms with van der Waals surface area (Å²) in [6.07, 6.45) is 4.31. The fourth-order valence-corrected chi connectivity index (χ4v) is 6.26. The van der Waals surface area contributed by atoms with Gasteiger partial charge in [0.2, 0.25) is 11.8 Å². The van der Waals surface area contributed by atoms with Crippen LogP contribution in [-0.4, -0.2) is 47.6 Å². The second kappa shape index (κ2) is 11.7. The zero-order chi connectivity index (χ0) is 27.6. The predicted molar refractivity (Wildman–Crippen MR) is 154 cm³/mol. The molecule has 2 fully saturated rings. The van der Waals surface area contributed by atoms with Crippen LogP contribution in [0.1, 0.15) is 69.3 Å². The summed E-state index contributed by atoms with van der Waals surface area (Å²) in [7, 11) is 0. The van der Waals surface area contributed by atoms with Gasteiger partial charge in [-0.25, -0.2) is 4.98 Å². The molecule has 2 aliphatic rings. The van der Waals surface area contributed by atoms with Crippen molar-refractivity contribution in [1.82, 2.24) is 20.6 Å². The van der Waals surface area contributed by atoms with Gasteiger partial charge in [0, 0.05) is 24.6 Å². The molecule has 8 heteroatoms. The van der Waals surface area contributed by atoms with Crippen LogP contribution in [0.4, 0.5) is 0 Å². The lowest BCUT2D eigenvalue weighted by molar-refractivity contribution is -0.134. The maximum atomic E-state index is 13.9. The Morgan fingerprint density at radius 3 is 2.64 bits per heavy atom. The van der Waals surface area contributed by atoms with Crippen molar-refractivity contribution in [3.8, 4) is 0 Å². The van der Waals surface area contributed by atoms with E-state index in [2.05, 4.69) is 35.5 Å². The van der Waals surface area contributed by atoms with Crippen LogP contribution in [0.2, 0.25) is 5.02 Å². The number of hydrogen-bond donors (Lipinski definition) is 3. The van der Waals surface area contributed by atoms with Crippen molar-refractivity contribution in [3.63, 3.8) is 0 Å². The molecule has 1 saturated carbocycles. The molecule has 1 aromatic heterocycles. The van der Waals surface area contributed by atoms with Gasteiger partial charge in [-0.3, -0.25) is 9.59 Å². The van der Waals surface area contributed by atoms with E-state index >= 15 is 0 Å². The first-order chi connectivity index (χ1) is 18.8. The molecule has 2 heterocycles. The molecule has 3 unspecified atom stereocenters. The summed E-state index contributed by atoms with van der Waals surface area (Å²) in [5.74, 6) is 1.44. The Bertz CT molecular complexity index is 1330. The van der Waals surface area contributed by atoms with E-state index in [1.165, 1.54) is 0 Å². The molecule has 0 spiro atoms. The van der Waals surface area contributed by atoms with Crippen LogP contribution >= 0.6 is 11.6 Å². The van der Waals surface area contributed by atoms with Gasteiger partial charge in [0.25, 0.3) is 0 Å². The Balaban J connectivity index is 1.41. The highest BCUT2D eigenvalue weighted by Crippen LogP contribution is 2.37. The summed E-state index contributed by atoms with van der Waals surface area (Å²) in [5, 5.41) is 6.81. The van der Waals surface area contributed by atoms with Crippen molar-refractivity contribution >= 4 is 34.4 Å². The first kappa shape index (κ1) is 27.7. The number of benzene rings is 2. The normalized spacial score (nSPS) is 21.1. The van der Waals surface area contributed by atoms with Crippen molar-refractivity contribution in [1.29, 1.82) is 0 Å². The number of H-pyrrole nitrogens is 1. The topological polar surface area (TPSA) is 96.1 Å². The van der Waals surface area contributed by atoms with Gasteiger partial charge in [-0.1, -0.05) is 56.1 Å². The fraction of sp³-hybridized carbons (Fsp3) is 0.516. The zero-order valence-electron chi connectivity index (χ0n) is 23.1. The number of amides is 2. The molecule has 1 aliphatic heterocycles. The third kappa shape index (κ3) is 5.57. The molecule has 3 N–H and O–H groups in total. The van der Waals surface area contributed by atoms with Crippen molar-refractivity contribution < 1.29 is 14.3 Å². The van der Waals surface area contributed by atoms with E-state index in [0.717, 1.165) is 58.7 Å². The van der Waals surface area contributed by atoms with Crippen molar-refractivity contribution in [2.24, 2.45) is 11.8 Å². The maximum absolute atomic E-state index is 13.9. The van der Waals surface area contributed by atoms with E-state index in [9.17, 15) is 9.59 Å². The second-order valence-electron chi connectivity index (χ2n) is 11.4. The van der Waals surface area contributed by atoms with Gasteiger partial charge in [-0.15, -0.1) is 0 Å². The molecule has 7 nitrogen and oxygen atoms in total. The molecule has 208 valence electrons. The Morgan fingerprint density at radius 1 is 1.21 bits per heavy atom. The number of carbonyl (C=O) groups excluding carboxylic acids is 2. The van der Waals surface area contributed by atoms with E-state index in [0.29, 0.717) is 32.1 Å². The smallest absolute Gasteiger partial charge is 0.242 e. The van der Waals surface area contributed by atoms with E-state index in [-0.39, 0.29) is 23.7 Å². The van der Waals surface area contributed by atoms with Crippen LogP contribution in [0.25, 0.3) is 11.0 Å². The lowest BCUT2D eigenvalue weighted by Crippen LogP contribution is -2.57. The first-order valence-corrected chi connectivity index (χ1v) is 14.6. The minimum atomic E-state index is -0.841. The monoisotopic (exact) mass is 550 g/mol. The zero-order valence-corrected chi connectivity index (χ0v) is 23.8. The van der Waals surface area contributed by atoms with Gasteiger partial charge < -0.3 is 20.4 Å². The number of aromatic amines is 1. The van der Waals surface area contributed by atoms with Gasteiger partial charge >= 0.3 is 0 Å². The number of likely N-dealkylation sites (N-methyl/N-ethyl adjacent to an activating group) is 1. The van der Waals surface area contributed by atoms with E-state index < -0.39 is 11.5 Å². The van der Waals surface area contributed by atoms with Gasteiger partial charge in [-0.2, -0.15) is 0 Å². The Kier molecular flexibility index (Phi) is 8.29. The number of ether oxygens (including phenoxy) is 1. The molecule has 1 aliphatic carbocycles. The molecule has 1 saturated heterocycles. The van der Waals surface area contributed by atoms with Crippen LogP contribution in [-0.2, 0) is 26.2 Å². The highest BCUT2D eigenvalue weighted by molar-refractivity contribution is 6.31. The molecule has 39 heavy (non-hydrogen) atoms. The molecule has 0 radical (unpaired) electrons. The maximum Gasteiger partial charge on any atom is 0.242 e. The van der Waals surface area contributed by atoms with E-state index in [1.54, 1.807) is 0 Å². The summed E-state index contributed by atoms with van der Waals surface area (Å²) in [6.45, 7) is 7.64. The number of nitrogens with zero attached hydrogens (tertiary/aromatic N) is 1. The van der Waals surface area contributed by atoms with Crippen LogP contribution in [0.3, 0.4) is 0 Å². The van der Waals surface area contributed by atoms with E-state index in [1.807, 2.05) is 43.3 Å². The number of imidazole rings is 1. The van der Waals surface area contributed by atoms with Crippen molar-refractivity contribution in [2.45, 2.75) is 70.3 Å². The molecular weight excluding hydrogens is 512 g/mol. The number of aromatic nitrogens is 2. The Hall–Kier alpha value is -2.90. The SMILES string of the molecule is CCNC(=O)C(NC(=O)C1(c2ccc3nc(CC(c4ccccc4Cl)C(C)C)[nH]c3c2)CCOC1)C1CCC1. The van der Waals surface area contributed by atoms with Crippen LogP contribution in [0, 0.1) is 11.8 Å². The van der Waals surface area contributed by atoms with Crippen LogP contribution in [0.5, 0.6) is 0 Å². The number of nitrogens with one attached hydrogen (secondary N) is 3. The Morgan fingerprint density at radius 2 is 2.00 bits per heavy atom. The average molecular weight is 551 g/mol. The fourth-order valence-electron chi connectivity index (χ4n) is 5.98. The van der Waals surface area contributed by atoms with E-state index in [4.69, 9.17) is 21.3 Å². The first-order valence-electron chi connectivity index (χ1n) is 14.2. The third-order valence-corrected chi connectivity index (χ3v) is 8.95. The van der Waals surface area contributed by atoms with Crippen LogP contribution < -0.4 is 10.6 Å². The summed E-state index contributed by atoms with van der Waals surface area (Å²) in [5.41, 5.74) is 2.92. The lowest BCUT2D eigenvalue weighted by atomic mass is 9.76. The summed E-state index contributed by atoms with van der Waals surface area (Å²) < 4.78 is 5.78. The van der Waals surface area contributed by atoms with Crippen molar-refractivity contribution in [3.05, 3.63) is 64.4 Å². The number of rotatable bonds is 10. The molecular formula is C31H39ClN4O3. The number of fused-ring (bicyclic) bond motifs is 1. The lowest BCUT2D eigenvalue weighted by Gasteiger charge is -2.36. The number of hydrogen-bond acceptors (Lipinski definition) is 4. The van der Waals surface area contributed by atoms with Gasteiger partial charge in [-0.05, 0) is 73.3 Å². The van der Waals surface area contributed by atoms with Gasteiger partial charge in [0.15, 0.2) is 0 Å². The summed E-state index contributed by atoms with van der Waals surface area (Å²) in [4.78, 5) is 35.1. The molecule has 0 bridgehead atoms. The highest BCUT2D eigenvalue weighted by Gasteiger charge is 2.46. The molecule has 2 aromatic carbocycles. The quantitative estimate of drug-likeness (QED) is 0.320. The third-order valence-electron chi connectivity index (χ3n) is 8.60. The number of halogens is 1. The summed E-state index contributed by atoms with van der Waals surface area (Å²) >= 11 is 6.55. The van der Waals surface area contributed by atoms with Crippen molar-refractivity contribution in [2.75, 3.05) is 19.8 Å². The summed E-state index contributed by atoms with van der Waals surface area (Å²) in [6, 6.07) is 13.5. The van der Waals surface area contributed by atoms with Gasteiger partial charge in [0.05, 0.1) is 23.1 Å². The molecule has 3 atom stereocenters. The molecule has 3 aromatic rings. The Labute approximate surface area is 235 Å². The minimum Gasteiger partial charge on any atom is -0.380 e. The highest BCUT2D eigenvalue weighted by atomic mass is 35.5. The predicted octanol–water partition coefficient (Wildman–Crippen LogP) is 5.28. The molecule has 5 rings (SSSR count). The average Bonchev–Trinajstić information content (AvgIpc) is 3.53. The number of carbonyl (C=O) groups is 2. The standard InChI is InChI=1S/C31H39ClN4O3/c1-4-33-29(37)28(20-8-7-9-20)36-30(38)31(14-15-39-18-31)21-12-13-25-26(16-21)35-27(34-25)17-23(19(2)3)22-10-5-6-11-24(22)32/h5-6,10-13,16,19-20,23,28H,4,7-9,14-15,17-18H2,1-3H3,(H,33,37)(H,34,35)(H,36,38). The van der Waals surface area contributed by atoms with Crippen LogP contribution in [0.15, 0.2) is 42.5 Å². The minimum absolute atomic E-state index is 0.100. The second-order valence-corrected chi connectivity index (χ2v) is 11.8.